The molecule has 1 aromatic heterocycles. The number of nitrogens with one attached hydrogen (secondary N) is 2. The van der Waals surface area contributed by atoms with Crippen LogP contribution in [0, 0.1) is 0 Å². The molecule has 11 heteroatoms. The summed E-state index contributed by atoms with van der Waals surface area (Å²) in [6.07, 6.45) is 3.66. The Morgan fingerprint density at radius 2 is 1.73 bits per heavy atom. The molecule has 0 aliphatic rings. The number of imidazole rings is 1. The number of carbonyl (C=O) groups excluding carboxylic acids is 4. The molecule has 0 saturated carbocycles. The minimum Gasteiger partial charge on any atom is -0.444 e. The van der Waals surface area contributed by atoms with E-state index in [4.69, 9.17) is 15.2 Å². The Morgan fingerprint density at radius 1 is 1.09 bits per heavy atom. The van der Waals surface area contributed by atoms with E-state index in [9.17, 15) is 19.2 Å². The van der Waals surface area contributed by atoms with Gasteiger partial charge in [-0.1, -0.05) is 0 Å². The molecule has 1 aromatic rings. The van der Waals surface area contributed by atoms with Crippen molar-refractivity contribution in [2.75, 3.05) is 6.54 Å². The van der Waals surface area contributed by atoms with Crippen LogP contribution in [0.4, 0.5) is 9.59 Å². The molecule has 0 saturated heterocycles. The number of nitrogens with zero attached hydrogens (tertiary/aromatic N) is 2. The fraction of sp³-hybridized carbons (Fsp3) is 0.682. The third-order valence-electron chi connectivity index (χ3n) is 4.12. The molecule has 33 heavy (non-hydrogen) atoms. The molecule has 0 spiro atoms. The highest BCUT2D eigenvalue weighted by molar-refractivity contribution is 5.87. The van der Waals surface area contributed by atoms with Gasteiger partial charge in [-0.2, -0.15) is 0 Å². The van der Waals surface area contributed by atoms with Crippen molar-refractivity contribution in [3.8, 4) is 0 Å². The summed E-state index contributed by atoms with van der Waals surface area (Å²) in [6, 6.07) is -1.80. The first kappa shape index (κ1) is 28.1. The van der Waals surface area contributed by atoms with Crippen LogP contribution in [0.25, 0.3) is 0 Å². The number of aromatic nitrogens is 2. The maximum Gasteiger partial charge on any atom is 0.419 e. The van der Waals surface area contributed by atoms with Crippen molar-refractivity contribution < 1.29 is 28.7 Å². The molecule has 0 aliphatic carbocycles. The SMILES string of the molecule is CC(C)(C)OC(=O)NC(CCCCN)C(=O)NC(C=O)Cc1cn(C(=O)OC(C)(C)C)cn1. The summed E-state index contributed by atoms with van der Waals surface area (Å²) in [5.74, 6) is -0.526. The largest absolute Gasteiger partial charge is 0.444 e. The van der Waals surface area contributed by atoms with Crippen molar-refractivity contribution in [1.82, 2.24) is 20.2 Å². The van der Waals surface area contributed by atoms with Gasteiger partial charge in [-0.05, 0) is 67.3 Å². The summed E-state index contributed by atoms with van der Waals surface area (Å²) >= 11 is 0. The van der Waals surface area contributed by atoms with Gasteiger partial charge in [0.1, 0.15) is 29.9 Å². The second kappa shape index (κ2) is 12.3. The molecule has 2 amide bonds. The predicted molar refractivity (Wildman–Crippen MR) is 122 cm³/mol. The van der Waals surface area contributed by atoms with E-state index in [-0.39, 0.29) is 6.42 Å². The molecule has 186 valence electrons. The van der Waals surface area contributed by atoms with Crippen LogP contribution in [-0.2, 0) is 25.5 Å². The Bertz CT molecular complexity index is 809. The summed E-state index contributed by atoms with van der Waals surface area (Å²) in [5, 5.41) is 5.17. The van der Waals surface area contributed by atoms with Crippen molar-refractivity contribution in [2.24, 2.45) is 5.73 Å². The standard InChI is InChI=1S/C22H37N5O6/c1-21(2,3)32-19(30)26-17(9-7-8-10-23)18(29)25-16(13-28)11-15-12-27(14-24-15)20(31)33-22(4,5)6/h12-14,16-17H,7-11,23H2,1-6H3,(H,25,29)(H,26,30). The zero-order chi connectivity index (χ0) is 25.2. The zero-order valence-corrected chi connectivity index (χ0v) is 20.3. The normalized spacial score (nSPS) is 13.5. The van der Waals surface area contributed by atoms with Gasteiger partial charge in [0.15, 0.2) is 0 Å². The van der Waals surface area contributed by atoms with Gasteiger partial charge in [-0.25, -0.2) is 19.1 Å². The topological polar surface area (TPSA) is 155 Å². The summed E-state index contributed by atoms with van der Waals surface area (Å²) in [7, 11) is 0. The van der Waals surface area contributed by atoms with Gasteiger partial charge >= 0.3 is 12.2 Å². The monoisotopic (exact) mass is 467 g/mol. The zero-order valence-electron chi connectivity index (χ0n) is 20.3. The van der Waals surface area contributed by atoms with Crippen LogP contribution >= 0.6 is 0 Å². The lowest BCUT2D eigenvalue weighted by molar-refractivity contribution is -0.126. The van der Waals surface area contributed by atoms with Gasteiger partial charge in [-0.3, -0.25) is 4.79 Å². The highest BCUT2D eigenvalue weighted by atomic mass is 16.6. The maximum atomic E-state index is 12.8. The Hall–Kier alpha value is -2.95. The number of hydrogen-bond donors (Lipinski definition) is 3. The van der Waals surface area contributed by atoms with E-state index in [1.807, 2.05) is 0 Å². The molecule has 4 N–H and O–H groups in total. The molecule has 0 aromatic carbocycles. The highest BCUT2D eigenvalue weighted by Crippen LogP contribution is 2.11. The fourth-order valence-electron chi connectivity index (χ4n) is 2.74. The minimum absolute atomic E-state index is 0.0625. The van der Waals surface area contributed by atoms with Crippen molar-refractivity contribution in [3.05, 3.63) is 18.2 Å². The summed E-state index contributed by atoms with van der Waals surface area (Å²) in [4.78, 5) is 52.8. The molecule has 0 fully saturated rings. The van der Waals surface area contributed by atoms with Crippen molar-refractivity contribution in [1.29, 1.82) is 0 Å². The van der Waals surface area contributed by atoms with Crippen LogP contribution in [0.15, 0.2) is 12.5 Å². The van der Waals surface area contributed by atoms with E-state index in [0.29, 0.717) is 37.8 Å². The third-order valence-corrected chi connectivity index (χ3v) is 4.12. The Balaban J connectivity index is 2.80. The molecule has 0 radical (unpaired) electrons. The molecule has 0 aliphatic heterocycles. The van der Waals surface area contributed by atoms with Crippen LogP contribution in [0.1, 0.15) is 66.5 Å². The van der Waals surface area contributed by atoms with E-state index < -0.39 is 41.4 Å². The minimum atomic E-state index is -0.906. The Labute approximate surface area is 194 Å². The van der Waals surface area contributed by atoms with Gasteiger partial charge in [0, 0.05) is 12.6 Å². The van der Waals surface area contributed by atoms with E-state index in [0.717, 1.165) is 0 Å². The van der Waals surface area contributed by atoms with Gasteiger partial charge in [-0.15, -0.1) is 0 Å². The first-order valence-electron chi connectivity index (χ1n) is 11.0. The lowest BCUT2D eigenvalue weighted by atomic mass is 10.1. The summed E-state index contributed by atoms with van der Waals surface area (Å²) in [5.41, 5.74) is 4.55. The number of rotatable bonds is 10. The van der Waals surface area contributed by atoms with Crippen molar-refractivity contribution in [2.45, 2.75) is 90.5 Å². The summed E-state index contributed by atoms with van der Waals surface area (Å²) < 4.78 is 11.7. The van der Waals surface area contributed by atoms with E-state index in [1.54, 1.807) is 41.5 Å². The van der Waals surface area contributed by atoms with E-state index in [1.165, 1.54) is 17.1 Å². The lowest BCUT2D eigenvalue weighted by Crippen LogP contribution is -2.51. The number of hydrogen-bond acceptors (Lipinski definition) is 8. The molecule has 2 unspecified atom stereocenters. The second-order valence-electron chi connectivity index (χ2n) is 9.69. The molecule has 1 heterocycles. The highest BCUT2D eigenvalue weighted by Gasteiger charge is 2.26. The Kier molecular flexibility index (Phi) is 10.5. The van der Waals surface area contributed by atoms with Gasteiger partial charge in [0.25, 0.3) is 0 Å². The fourth-order valence-corrected chi connectivity index (χ4v) is 2.74. The predicted octanol–water partition coefficient (Wildman–Crippen LogP) is 1.91. The molecule has 11 nitrogen and oxygen atoms in total. The number of ether oxygens (including phenoxy) is 2. The second-order valence-corrected chi connectivity index (χ2v) is 9.69. The molecule has 0 bridgehead atoms. The van der Waals surface area contributed by atoms with Gasteiger partial charge in [0.2, 0.25) is 5.91 Å². The van der Waals surface area contributed by atoms with Crippen molar-refractivity contribution in [3.63, 3.8) is 0 Å². The Morgan fingerprint density at radius 3 is 2.27 bits per heavy atom. The molecular formula is C22H37N5O6. The number of unbranched alkanes of at least 4 members (excludes halogenated alkanes) is 1. The van der Waals surface area contributed by atoms with Crippen LogP contribution in [0.5, 0.6) is 0 Å². The number of amides is 2. The first-order chi connectivity index (χ1) is 15.2. The van der Waals surface area contributed by atoms with Gasteiger partial charge < -0.3 is 30.6 Å². The molecular weight excluding hydrogens is 430 g/mol. The average Bonchev–Trinajstić information content (AvgIpc) is 3.12. The van der Waals surface area contributed by atoms with Crippen molar-refractivity contribution >= 4 is 24.4 Å². The number of carbonyl (C=O) groups is 4. The summed E-state index contributed by atoms with van der Waals surface area (Å²) in [6.45, 7) is 10.8. The van der Waals surface area contributed by atoms with Crippen LogP contribution in [0.2, 0.25) is 0 Å². The van der Waals surface area contributed by atoms with Crippen LogP contribution in [0.3, 0.4) is 0 Å². The first-order valence-corrected chi connectivity index (χ1v) is 11.0. The van der Waals surface area contributed by atoms with Crippen LogP contribution < -0.4 is 16.4 Å². The third kappa shape index (κ3) is 11.5. The number of nitrogens with two attached hydrogens (primary N) is 1. The quantitative estimate of drug-likeness (QED) is 0.348. The van der Waals surface area contributed by atoms with Crippen LogP contribution in [-0.4, -0.2) is 63.8 Å². The number of aldehydes is 1. The van der Waals surface area contributed by atoms with Gasteiger partial charge in [0.05, 0.1) is 11.7 Å². The maximum absolute atomic E-state index is 12.8. The molecule has 1 rings (SSSR count). The smallest absolute Gasteiger partial charge is 0.419 e. The van der Waals surface area contributed by atoms with E-state index >= 15 is 0 Å². The lowest BCUT2D eigenvalue weighted by Gasteiger charge is -2.24. The number of alkyl carbamates (subject to hydrolysis) is 1. The molecule has 2 atom stereocenters. The average molecular weight is 468 g/mol. The van der Waals surface area contributed by atoms with E-state index in [2.05, 4.69) is 15.6 Å².